The van der Waals surface area contributed by atoms with Crippen LogP contribution in [0.4, 0.5) is 23.1 Å². The van der Waals surface area contributed by atoms with Gasteiger partial charge in [0.1, 0.15) is 5.82 Å². The Morgan fingerprint density at radius 3 is 2.66 bits per heavy atom. The highest BCUT2D eigenvalue weighted by atomic mass is 15.3. The topological polar surface area (TPSA) is 69.2 Å². The second kappa shape index (κ2) is 8.74. The molecule has 0 amide bonds. The zero-order valence-corrected chi connectivity index (χ0v) is 19.0. The third-order valence-electron chi connectivity index (χ3n) is 6.55. The van der Waals surface area contributed by atoms with Crippen molar-refractivity contribution in [1.29, 1.82) is 0 Å². The van der Waals surface area contributed by atoms with Gasteiger partial charge in [-0.25, -0.2) is 15.0 Å². The molecule has 0 radical (unpaired) electrons. The highest BCUT2D eigenvalue weighted by Gasteiger charge is 2.41. The van der Waals surface area contributed by atoms with Crippen molar-refractivity contribution in [2.75, 3.05) is 42.2 Å². The second-order valence-electron chi connectivity index (χ2n) is 8.89. The zero-order valence-electron chi connectivity index (χ0n) is 19.0. The molecule has 0 spiro atoms. The first-order valence-corrected chi connectivity index (χ1v) is 11.5. The summed E-state index contributed by atoms with van der Waals surface area (Å²) in [5, 5.41) is 6.67. The van der Waals surface area contributed by atoms with Crippen LogP contribution in [0.25, 0.3) is 11.3 Å². The fourth-order valence-corrected chi connectivity index (χ4v) is 4.83. The van der Waals surface area contributed by atoms with Crippen molar-refractivity contribution in [2.24, 2.45) is 0 Å². The lowest BCUT2D eigenvalue weighted by Crippen LogP contribution is -2.44. The van der Waals surface area contributed by atoms with Crippen molar-refractivity contribution in [1.82, 2.24) is 19.9 Å². The molecule has 1 aromatic carbocycles. The van der Waals surface area contributed by atoms with Crippen molar-refractivity contribution >= 4 is 23.1 Å². The molecule has 3 aromatic rings. The van der Waals surface area contributed by atoms with Gasteiger partial charge in [-0.1, -0.05) is 6.92 Å². The number of likely N-dealkylation sites (tertiary alicyclic amines) is 1. The van der Waals surface area contributed by atoms with Crippen LogP contribution in [-0.2, 0) is 0 Å². The number of nitrogens with one attached hydrogen (secondary N) is 2. The molecule has 2 atom stereocenters. The van der Waals surface area contributed by atoms with Gasteiger partial charge in [0.25, 0.3) is 0 Å². The number of nitrogens with zero attached hydrogens (tertiary/aromatic N) is 5. The lowest BCUT2D eigenvalue weighted by molar-refractivity contribution is 0.292. The van der Waals surface area contributed by atoms with E-state index in [1.807, 2.05) is 24.4 Å². The van der Waals surface area contributed by atoms with E-state index in [0.29, 0.717) is 18.0 Å². The molecule has 2 bridgehead atoms. The van der Waals surface area contributed by atoms with Gasteiger partial charge in [0.05, 0.1) is 5.69 Å². The summed E-state index contributed by atoms with van der Waals surface area (Å²) in [4.78, 5) is 18.7. The van der Waals surface area contributed by atoms with Crippen molar-refractivity contribution < 1.29 is 0 Å². The van der Waals surface area contributed by atoms with Crippen LogP contribution >= 0.6 is 0 Å². The lowest BCUT2D eigenvalue weighted by Gasteiger charge is -2.34. The number of hydrogen-bond donors (Lipinski definition) is 2. The van der Waals surface area contributed by atoms with Crippen molar-refractivity contribution in [3.05, 3.63) is 54.4 Å². The summed E-state index contributed by atoms with van der Waals surface area (Å²) >= 11 is 0. The van der Waals surface area contributed by atoms with E-state index in [9.17, 15) is 0 Å². The maximum Gasteiger partial charge on any atom is 0.227 e. The Hall–Kier alpha value is -3.19. The number of anilines is 4. The average Bonchev–Trinajstić information content (AvgIpc) is 3.38. The molecule has 2 fully saturated rings. The van der Waals surface area contributed by atoms with E-state index < -0.39 is 0 Å². The second-order valence-corrected chi connectivity index (χ2v) is 8.89. The molecule has 2 aliphatic heterocycles. The van der Waals surface area contributed by atoms with Gasteiger partial charge in [0, 0.05) is 61.0 Å². The predicted octanol–water partition coefficient (Wildman–Crippen LogP) is 4.31. The quantitative estimate of drug-likeness (QED) is 0.580. The number of rotatable bonds is 7. The van der Waals surface area contributed by atoms with Gasteiger partial charge in [-0.15, -0.1) is 0 Å². The van der Waals surface area contributed by atoms with Crippen LogP contribution in [0.3, 0.4) is 0 Å². The lowest BCUT2D eigenvalue weighted by atomic mass is 10.1. The van der Waals surface area contributed by atoms with E-state index in [1.54, 1.807) is 6.20 Å². The van der Waals surface area contributed by atoms with Gasteiger partial charge in [0.15, 0.2) is 0 Å². The molecular weight excluding hydrogens is 398 g/mol. The molecule has 7 nitrogen and oxygen atoms in total. The summed E-state index contributed by atoms with van der Waals surface area (Å²) < 4.78 is 0. The average molecular weight is 430 g/mol. The molecule has 2 aromatic heterocycles. The molecule has 166 valence electrons. The first kappa shape index (κ1) is 20.7. The first-order valence-electron chi connectivity index (χ1n) is 11.5. The van der Waals surface area contributed by atoms with Gasteiger partial charge in [-0.3, -0.25) is 4.90 Å². The van der Waals surface area contributed by atoms with Crippen LogP contribution in [0, 0.1) is 6.92 Å². The van der Waals surface area contributed by atoms with E-state index in [-0.39, 0.29) is 0 Å². The number of aromatic nitrogens is 3. The molecule has 4 heterocycles. The molecule has 2 aliphatic rings. The largest absolute Gasteiger partial charge is 0.370 e. The number of hydrogen-bond acceptors (Lipinski definition) is 7. The number of benzene rings is 1. The molecule has 0 saturated carbocycles. The third kappa shape index (κ3) is 4.12. The standard InChI is InChI=1S/C25H31N7/c1-4-10-26-24-8-5-18(14-28-24)22-9-11-27-25(30-22)29-19-6-7-23(17(2)12-19)32-16-20-13-21(32)15-31(20)3/h5-9,11-12,14,20-21H,4,10,13,15-16H2,1-3H3,(H,26,28)(H,27,29,30)/t20-,21+/m0/s1. The zero-order chi connectivity index (χ0) is 22.1. The minimum absolute atomic E-state index is 0.588. The van der Waals surface area contributed by atoms with Crippen molar-refractivity contribution in [2.45, 2.75) is 38.8 Å². The van der Waals surface area contributed by atoms with Crippen LogP contribution < -0.4 is 15.5 Å². The van der Waals surface area contributed by atoms with Gasteiger partial charge in [-0.05, 0) is 68.8 Å². The molecular formula is C25H31N7. The van der Waals surface area contributed by atoms with E-state index in [4.69, 9.17) is 4.98 Å². The monoisotopic (exact) mass is 429 g/mol. The Bertz CT molecular complexity index is 1080. The summed E-state index contributed by atoms with van der Waals surface area (Å²) in [6, 6.07) is 13.8. The highest BCUT2D eigenvalue weighted by Crippen LogP contribution is 2.36. The smallest absolute Gasteiger partial charge is 0.227 e. The molecule has 32 heavy (non-hydrogen) atoms. The fraction of sp³-hybridized carbons (Fsp3) is 0.400. The molecule has 0 aliphatic carbocycles. The Labute approximate surface area is 189 Å². The molecule has 5 rings (SSSR count). The number of fused-ring (bicyclic) bond motifs is 2. The Kier molecular flexibility index (Phi) is 5.66. The number of aryl methyl sites for hydroxylation is 1. The summed E-state index contributed by atoms with van der Waals surface area (Å²) in [6.45, 7) is 7.53. The number of likely N-dealkylation sites (N-methyl/N-ethyl adjacent to an activating group) is 1. The van der Waals surface area contributed by atoms with Crippen LogP contribution in [0.15, 0.2) is 48.8 Å². The maximum atomic E-state index is 4.70. The summed E-state index contributed by atoms with van der Waals surface area (Å²) in [7, 11) is 2.24. The van der Waals surface area contributed by atoms with E-state index >= 15 is 0 Å². The molecule has 2 saturated heterocycles. The molecule has 0 unspecified atom stereocenters. The van der Waals surface area contributed by atoms with Gasteiger partial charge in [-0.2, -0.15) is 0 Å². The van der Waals surface area contributed by atoms with Gasteiger partial charge >= 0.3 is 0 Å². The Morgan fingerprint density at radius 2 is 1.97 bits per heavy atom. The van der Waals surface area contributed by atoms with E-state index in [2.05, 4.69) is 69.5 Å². The van der Waals surface area contributed by atoms with E-state index in [0.717, 1.165) is 48.8 Å². The van der Waals surface area contributed by atoms with Crippen LogP contribution in [0.1, 0.15) is 25.3 Å². The maximum absolute atomic E-state index is 4.70. The van der Waals surface area contributed by atoms with Crippen LogP contribution in [-0.4, -0.2) is 58.6 Å². The van der Waals surface area contributed by atoms with Crippen LogP contribution in [0.5, 0.6) is 0 Å². The highest BCUT2D eigenvalue weighted by molar-refractivity contribution is 5.66. The molecule has 7 heteroatoms. The van der Waals surface area contributed by atoms with Gasteiger partial charge < -0.3 is 15.5 Å². The number of pyridine rings is 1. The third-order valence-corrected chi connectivity index (χ3v) is 6.55. The van der Waals surface area contributed by atoms with Crippen LogP contribution in [0.2, 0.25) is 0 Å². The normalized spacial score (nSPS) is 20.0. The van der Waals surface area contributed by atoms with Crippen molar-refractivity contribution in [3.63, 3.8) is 0 Å². The fourth-order valence-electron chi connectivity index (χ4n) is 4.83. The summed E-state index contributed by atoms with van der Waals surface area (Å²) in [5.74, 6) is 1.47. The van der Waals surface area contributed by atoms with Gasteiger partial charge in [0.2, 0.25) is 5.95 Å². The number of piperazine rings is 1. The first-order chi connectivity index (χ1) is 15.6. The van der Waals surface area contributed by atoms with E-state index in [1.165, 1.54) is 17.7 Å². The van der Waals surface area contributed by atoms with Crippen molar-refractivity contribution in [3.8, 4) is 11.3 Å². The predicted molar refractivity (Wildman–Crippen MR) is 131 cm³/mol. The summed E-state index contributed by atoms with van der Waals surface area (Å²) in [5.41, 5.74) is 5.44. The molecule has 2 N–H and O–H groups in total. The Balaban J connectivity index is 1.29. The summed E-state index contributed by atoms with van der Waals surface area (Å²) in [6.07, 6.45) is 5.99. The minimum atomic E-state index is 0.588. The minimum Gasteiger partial charge on any atom is -0.370 e. The SMILES string of the molecule is CCCNc1ccc(-c2ccnc(Nc3ccc(N4C[C@@H]5C[C@@H]4CN5C)c(C)c3)n2)cn1. The Morgan fingerprint density at radius 1 is 1.06 bits per heavy atom.